The minimum atomic E-state index is 0.236. The largest absolute Gasteiger partial charge is 0.257 e. The first-order valence-corrected chi connectivity index (χ1v) is 3.83. The van der Waals surface area contributed by atoms with E-state index in [0.29, 0.717) is 0 Å². The molecule has 0 aliphatic rings. The first-order valence-electron chi connectivity index (χ1n) is 3.32. The van der Waals surface area contributed by atoms with E-state index in [0.717, 1.165) is 11.4 Å². The molecule has 1 rings (SSSR count). The van der Waals surface area contributed by atoms with E-state index in [1.165, 1.54) is 0 Å². The molecule has 54 valence electrons. The molecule has 0 radical (unpaired) electrons. The Balaban J connectivity index is 2.96. The SMILES string of the molecule is Cc1cccc(C(C)S)n1. The van der Waals surface area contributed by atoms with Crippen LogP contribution in [0.2, 0.25) is 0 Å². The molecule has 1 unspecified atom stereocenters. The number of thiol groups is 1. The minimum absolute atomic E-state index is 0.236. The number of aromatic nitrogens is 1. The van der Waals surface area contributed by atoms with Gasteiger partial charge in [0.1, 0.15) is 0 Å². The van der Waals surface area contributed by atoms with Crippen LogP contribution in [0.25, 0.3) is 0 Å². The third-order valence-electron chi connectivity index (χ3n) is 1.34. The standard InChI is InChI=1S/C8H11NS/c1-6-4-3-5-8(9-6)7(2)10/h3-5,7,10H,1-2H3. The summed E-state index contributed by atoms with van der Waals surface area (Å²) in [6.07, 6.45) is 0. The lowest BCUT2D eigenvalue weighted by Gasteiger charge is -2.02. The van der Waals surface area contributed by atoms with Crippen LogP contribution >= 0.6 is 12.6 Å². The van der Waals surface area contributed by atoms with E-state index < -0.39 is 0 Å². The van der Waals surface area contributed by atoms with Crippen LogP contribution < -0.4 is 0 Å². The van der Waals surface area contributed by atoms with Crippen LogP contribution in [0.1, 0.15) is 23.6 Å². The second kappa shape index (κ2) is 3.06. The van der Waals surface area contributed by atoms with Gasteiger partial charge < -0.3 is 0 Å². The second-order valence-electron chi connectivity index (χ2n) is 2.38. The third-order valence-corrected chi connectivity index (χ3v) is 1.60. The highest BCUT2D eigenvalue weighted by Gasteiger charge is 1.98. The number of pyridine rings is 1. The minimum Gasteiger partial charge on any atom is -0.257 e. The van der Waals surface area contributed by atoms with E-state index >= 15 is 0 Å². The van der Waals surface area contributed by atoms with Gasteiger partial charge in [-0.1, -0.05) is 6.07 Å². The summed E-state index contributed by atoms with van der Waals surface area (Å²) in [6.45, 7) is 4.00. The van der Waals surface area contributed by atoms with Crippen molar-refractivity contribution in [3.05, 3.63) is 29.6 Å². The fourth-order valence-corrected chi connectivity index (χ4v) is 0.941. The predicted octanol–water partition coefficient (Wildman–Crippen LogP) is 2.38. The number of nitrogens with zero attached hydrogens (tertiary/aromatic N) is 1. The zero-order valence-corrected chi connectivity index (χ0v) is 7.10. The van der Waals surface area contributed by atoms with Crippen molar-refractivity contribution in [3.63, 3.8) is 0 Å². The van der Waals surface area contributed by atoms with E-state index in [4.69, 9.17) is 0 Å². The molecule has 0 aliphatic carbocycles. The van der Waals surface area contributed by atoms with Gasteiger partial charge in [-0.15, -0.1) is 0 Å². The van der Waals surface area contributed by atoms with Gasteiger partial charge >= 0.3 is 0 Å². The second-order valence-corrected chi connectivity index (χ2v) is 3.15. The Morgan fingerprint density at radius 2 is 2.20 bits per heavy atom. The van der Waals surface area contributed by atoms with Crippen molar-refractivity contribution >= 4 is 12.6 Å². The fraction of sp³-hybridized carbons (Fsp3) is 0.375. The average molecular weight is 153 g/mol. The Bertz CT molecular complexity index is 220. The third kappa shape index (κ3) is 1.74. The van der Waals surface area contributed by atoms with Crippen LogP contribution in [0.5, 0.6) is 0 Å². The van der Waals surface area contributed by atoms with Gasteiger partial charge in [0, 0.05) is 10.9 Å². The molecule has 0 saturated carbocycles. The quantitative estimate of drug-likeness (QED) is 0.611. The maximum Gasteiger partial charge on any atom is 0.0531 e. The van der Waals surface area contributed by atoms with E-state index in [-0.39, 0.29) is 5.25 Å². The molecule has 1 aromatic rings. The smallest absolute Gasteiger partial charge is 0.0531 e. The molecular formula is C8H11NS. The molecule has 0 aromatic carbocycles. The van der Waals surface area contributed by atoms with Crippen molar-refractivity contribution in [3.8, 4) is 0 Å². The number of rotatable bonds is 1. The Morgan fingerprint density at radius 3 is 2.60 bits per heavy atom. The molecular weight excluding hydrogens is 142 g/mol. The van der Waals surface area contributed by atoms with Crippen molar-refractivity contribution in [2.45, 2.75) is 19.1 Å². The summed E-state index contributed by atoms with van der Waals surface area (Å²) < 4.78 is 0. The van der Waals surface area contributed by atoms with Crippen LogP contribution in [-0.4, -0.2) is 4.98 Å². The fourth-order valence-electron chi connectivity index (χ4n) is 0.797. The van der Waals surface area contributed by atoms with E-state index in [2.05, 4.69) is 17.6 Å². The van der Waals surface area contributed by atoms with Crippen LogP contribution in [0, 0.1) is 6.92 Å². The van der Waals surface area contributed by atoms with Gasteiger partial charge in [0.05, 0.1) is 5.69 Å². The predicted molar refractivity (Wildman–Crippen MR) is 46.4 cm³/mol. The Kier molecular flexibility index (Phi) is 2.33. The number of aryl methyl sites for hydroxylation is 1. The molecule has 1 heterocycles. The van der Waals surface area contributed by atoms with Crippen molar-refractivity contribution < 1.29 is 0 Å². The van der Waals surface area contributed by atoms with E-state index in [9.17, 15) is 0 Å². The summed E-state index contributed by atoms with van der Waals surface area (Å²) in [6, 6.07) is 5.98. The monoisotopic (exact) mass is 153 g/mol. The highest BCUT2D eigenvalue weighted by Crippen LogP contribution is 2.15. The van der Waals surface area contributed by atoms with Crippen molar-refractivity contribution in [1.82, 2.24) is 4.98 Å². The summed E-state index contributed by atoms with van der Waals surface area (Å²) in [5, 5.41) is 0.236. The van der Waals surface area contributed by atoms with Crippen molar-refractivity contribution in [1.29, 1.82) is 0 Å². The molecule has 0 spiro atoms. The number of hydrogen-bond donors (Lipinski definition) is 1. The van der Waals surface area contributed by atoms with Crippen molar-refractivity contribution in [2.75, 3.05) is 0 Å². The molecule has 1 nitrogen and oxygen atoms in total. The van der Waals surface area contributed by atoms with Gasteiger partial charge in [0.25, 0.3) is 0 Å². The highest BCUT2D eigenvalue weighted by molar-refractivity contribution is 7.80. The lowest BCUT2D eigenvalue weighted by molar-refractivity contribution is 0.990. The van der Waals surface area contributed by atoms with E-state index in [1.54, 1.807) is 0 Å². The number of hydrogen-bond acceptors (Lipinski definition) is 2. The van der Waals surface area contributed by atoms with Gasteiger partial charge in [-0.05, 0) is 26.0 Å². The first kappa shape index (κ1) is 7.61. The Labute approximate surface area is 66.9 Å². The average Bonchev–Trinajstić information content (AvgIpc) is 1.88. The summed E-state index contributed by atoms with van der Waals surface area (Å²) in [7, 11) is 0. The highest BCUT2D eigenvalue weighted by atomic mass is 32.1. The molecule has 0 saturated heterocycles. The van der Waals surface area contributed by atoms with Crippen LogP contribution in [0.3, 0.4) is 0 Å². The molecule has 0 bridgehead atoms. The first-order chi connectivity index (χ1) is 4.70. The van der Waals surface area contributed by atoms with Gasteiger partial charge in [-0.3, -0.25) is 4.98 Å². The Morgan fingerprint density at radius 1 is 1.50 bits per heavy atom. The summed E-state index contributed by atoms with van der Waals surface area (Å²) in [5.74, 6) is 0. The zero-order chi connectivity index (χ0) is 7.56. The lowest BCUT2D eigenvalue weighted by Crippen LogP contribution is -1.90. The molecule has 0 N–H and O–H groups in total. The molecule has 1 aromatic heterocycles. The van der Waals surface area contributed by atoms with Crippen molar-refractivity contribution in [2.24, 2.45) is 0 Å². The zero-order valence-electron chi connectivity index (χ0n) is 6.20. The molecule has 1 atom stereocenters. The van der Waals surface area contributed by atoms with Gasteiger partial charge in [0.15, 0.2) is 0 Å². The topological polar surface area (TPSA) is 12.9 Å². The molecule has 2 heteroatoms. The Hall–Kier alpha value is -0.500. The summed E-state index contributed by atoms with van der Waals surface area (Å²) in [4.78, 5) is 4.30. The summed E-state index contributed by atoms with van der Waals surface area (Å²) in [5.41, 5.74) is 2.10. The summed E-state index contributed by atoms with van der Waals surface area (Å²) >= 11 is 4.27. The van der Waals surface area contributed by atoms with E-state index in [1.807, 2.05) is 32.0 Å². The van der Waals surface area contributed by atoms with Gasteiger partial charge in [-0.25, -0.2) is 0 Å². The molecule has 0 aliphatic heterocycles. The molecule has 10 heavy (non-hydrogen) atoms. The van der Waals surface area contributed by atoms with Crippen LogP contribution in [-0.2, 0) is 0 Å². The molecule has 0 amide bonds. The van der Waals surface area contributed by atoms with Crippen LogP contribution in [0.4, 0.5) is 0 Å². The van der Waals surface area contributed by atoms with Gasteiger partial charge in [-0.2, -0.15) is 12.6 Å². The maximum atomic E-state index is 4.30. The lowest BCUT2D eigenvalue weighted by atomic mass is 10.2. The van der Waals surface area contributed by atoms with Crippen LogP contribution in [0.15, 0.2) is 18.2 Å². The molecule has 0 fully saturated rings. The maximum absolute atomic E-state index is 4.30. The van der Waals surface area contributed by atoms with Gasteiger partial charge in [0.2, 0.25) is 0 Å². The normalized spacial score (nSPS) is 13.1.